The predicted molar refractivity (Wildman–Crippen MR) is 74.0 cm³/mol. The Morgan fingerprint density at radius 1 is 1.37 bits per heavy atom. The zero-order valence-corrected chi connectivity index (χ0v) is 12.3. The van der Waals surface area contributed by atoms with Crippen LogP contribution in [0.15, 0.2) is 0 Å². The van der Waals surface area contributed by atoms with Crippen molar-refractivity contribution >= 4 is 12.0 Å². The summed E-state index contributed by atoms with van der Waals surface area (Å²) in [4.78, 5) is 24.9. The number of nitrogens with zero attached hydrogens (tertiary/aromatic N) is 1. The summed E-state index contributed by atoms with van der Waals surface area (Å²) < 4.78 is 0. The van der Waals surface area contributed by atoms with Crippen LogP contribution in [0.1, 0.15) is 47.0 Å². The minimum absolute atomic E-state index is 0.0201. The van der Waals surface area contributed by atoms with Gasteiger partial charge in [0, 0.05) is 12.6 Å². The first-order valence-electron chi connectivity index (χ1n) is 7.22. The predicted octanol–water partition coefficient (Wildman–Crippen LogP) is 2.32. The van der Waals surface area contributed by atoms with Gasteiger partial charge in [-0.2, -0.15) is 0 Å². The highest BCUT2D eigenvalue weighted by atomic mass is 16.4. The Labute approximate surface area is 115 Å². The largest absolute Gasteiger partial charge is 0.480 e. The van der Waals surface area contributed by atoms with Gasteiger partial charge in [0.2, 0.25) is 0 Å². The molecule has 5 nitrogen and oxygen atoms in total. The number of nitrogens with one attached hydrogen (secondary N) is 1. The van der Waals surface area contributed by atoms with Gasteiger partial charge in [0.25, 0.3) is 0 Å². The molecule has 0 radical (unpaired) electrons. The fourth-order valence-electron chi connectivity index (χ4n) is 2.94. The number of carbonyl (C=O) groups is 2. The smallest absolute Gasteiger partial charge is 0.326 e. The molecule has 1 aliphatic rings. The highest BCUT2D eigenvalue weighted by molar-refractivity contribution is 5.83. The van der Waals surface area contributed by atoms with Crippen LogP contribution in [0.4, 0.5) is 4.79 Å². The number of hydrogen-bond donors (Lipinski definition) is 2. The lowest BCUT2D eigenvalue weighted by Gasteiger charge is -2.28. The molecule has 1 rings (SSSR count). The molecule has 1 fully saturated rings. The van der Waals surface area contributed by atoms with E-state index < -0.39 is 12.0 Å². The summed E-state index contributed by atoms with van der Waals surface area (Å²) in [6, 6.07) is -0.849. The summed E-state index contributed by atoms with van der Waals surface area (Å²) in [6.45, 7) is 8.62. The van der Waals surface area contributed by atoms with Crippen LogP contribution in [-0.4, -0.2) is 40.6 Å². The van der Waals surface area contributed by atoms with Crippen LogP contribution in [0.3, 0.4) is 0 Å². The summed E-state index contributed by atoms with van der Waals surface area (Å²) in [5.74, 6) is -0.450. The molecule has 0 aromatic heterocycles. The quantitative estimate of drug-likeness (QED) is 0.805. The molecule has 3 unspecified atom stereocenters. The number of carboxylic acids is 1. The van der Waals surface area contributed by atoms with E-state index >= 15 is 0 Å². The Kier molecular flexibility index (Phi) is 5.63. The average Bonchev–Trinajstić information content (AvgIpc) is 2.72. The van der Waals surface area contributed by atoms with Crippen molar-refractivity contribution in [2.24, 2.45) is 11.8 Å². The summed E-state index contributed by atoms with van der Waals surface area (Å²) in [7, 11) is 0. The van der Waals surface area contributed by atoms with Crippen LogP contribution < -0.4 is 5.32 Å². The third-order valence-electron chi connectivity index (χ3n) is 4.32. The molecule has 1 saturated heterocycles. The number of carboxylic acid groups (broad SMARTS) is 1. The van der Waals surface area contributed by atoms with E-state index in [0.717, 1.165) is 19.3 Å². The summed E-state index contributed by atoms with van der Waals surface area (Å²) in [5, 5.41) is 12.2. The molecule has 2 amide bonds. The minimum atomic E-state index is -0.907. The van der Waals surface area contributed by atoms with E-state index in [9.17, 15) is 14.7 Å². The Bertz CT molecular complexity index is 329. The third kappa shape index (κ3) is 3.61. The molecule has 5 heteroatoms. The first-order chi connectivity index (χ1) is 8.92. The Morgan fingerprint density at radius 3 is 2.42 bits per heavy atom. The van der Waals surface area contributed by atoms with E-state index in [-0.39, 0.29) is 18.0 Å². The maximum absolute atomic E-state index is 12.2. The Balaban J connectivity index is 2.65. The zero-order valence-electron chi connectivity index (χ0n) is 12.3. The highest BCUT2D eigenvalue weighted by Crippen LogP contribution is 2.24. The first kappa shape index (κ1) is 15.8. The van der Waals surface area contributed by atoms with Gasteiger partial charge in [-0.25, -0.2) is 9.59 Å². The van der Waals surface area contributed by atoms with Crippen molar-refractivity contribution in [3.63, 3.8) is 0 Å². The number of hydrogen-bond acceptors (Lipinski definition) is 2. The zero-order chi connectivity index (χ0) is 14.6. The van der Waals surface area contributed by atoms with Crippen molar-refractivity contribution in [2.75, 3.05) is 6.54 Å². The summed E-state index contributed by atoms with van der Waals surface area (Å²) >= 11 is 0. The van der Waals surface area contributed by atoms with E-state index in [0.29, 0.717) is 12.5 Å². The van der Waals surface area contributed by atoms with Crippen LogP contribution in [0.2, 0.25) is 0 Å². The molecule has 0 bridgehead atoms. The van der Waals surface area contributed by atoms with E-state index in [1.165, 1.54) is 4.90 Å². The third-order valence-corrected chi connectivity index (χ3v) is 4.32. The van der Waals surface area contributed by atoms with Gasteiger partial charge in [0.05, 0.1) is 0 Å². The summed E-state index contributed by atoms with van der Waals surface area (Å²) in [5.41, 5.74) is 0. The molecular formula is C14H26N2O3. The van der Waals surface area contributed by atoms with Gasteiger partial charge in [-0.3, -0.25) is 0 Å². The molecule has 19 heavy (non-hydrogen) atoms. The lowest BCUT2D eigenvalue weighted by Crippen LogP contribution is -2.51. The van der Waals surface area contributed by atoms with Crippen molar-refractivity contribution in [1.29, 1.82) is 0 Å². The second kappa shape index (κ2) is 6.78. The molecule has 3 atom stereocenters. The van der Waals surface area contributed by atoms with Crippen LogP contribution >= 0.6 is 0 Å². The van der Waals surface area contributed by atoms with Crippen molar-refractivity contribution in [3.05, 3.63) is 0 Å². The second-order valence-electron chi connectivity index (χ2n) is 5.56. The Morgan fingerprint density at radius 2 is 1.95 bits per heavy atom. The molecule has 1 heterocycles. The fraction of sp³-hybridized carbons (Fsp3) is 0.857. The van der Waals surface area contributed by atoms with E-state index in [1.54, 1.807) is 0 Å². The van der Waals surface area contributed by atoms with Gasteiger partial charge in [-0.05, 0) is 25.2 Å². The molecule has 1 aliphatic heterocycles. The average molecular weight is 270 g/mol. The van der Waals surface area contributed by atoms with Crippen molar-refractivity contribution < 1.29 is 14.7 Å². The van der Waals surface area contributed by atoms with Crippen LogP contribution in [0, 0.1) is 11.8 Å². The maximum Gasteiger partial charge on any atom is 0.326 e. The molecule has 0 spiro atoms. The molecule has 0 aromatic rings. The number of amides is 2. The summed E-state index contributed by atoms with van der Waals surface area (Å²) in [6.07, 6.45) is 2.77. The van der Waals surface area contributed by atoms with Gasteiger partial charge in [0.15, 0.2) is 0 Å². The van der Waals surface area contributed by atoms with Crippen molar-refractivity contribution in [1.82, 2.24) is 10.2 Å². The lowest BCUT2D eigenvalue weighted by atomic mass is 9.96. The normalized spacial score (nSPS) is 24.6. The number of carbonyl (C=O) groups excluding carboxylic acids is 1. The van der Waals surface area contributed by atoms with E-state index in [4.69, 9.17) is 0 Å². The molecule has 0 aromatic carbocycles. The number of likely N-dealkylation sites (tertiary alicyclic amines) is 1. The monoisotopic (exact) mass is 270 g/mol. The SMILES string of the molecule is CCC(CC)C(C)NC(=O)N1CCC(C)C1C(=O)O. The van der Waals surface area contributed by atoms with Gasteiger partial charge >= 0.3 is 12.0 Å². The van der Waals surface area contributed by atoms with Gasteiger partial charge in [-0.15, -0.1) is 0 Å². The van der Waals surface area contributed by atoms with E-state index in [2.05, 4.69) is 19.2 Å². The molecule has 2 N–H and O–H groups in total. The topological polar surface area (TPSA) is 69.6 Å². The number of rotatable bonds is 5. The molecule has 0 saturated carbocycles. The van der Waals surface area contributed by atoms with Gasteiger partial charge in [0.1, 0.15) is 6.04 Å². The van der Waals surface area contributed by atoms with Crippen LogP contribution in [0.5, 0.6) is 0 Å². The van der Waals surface area contributed by atoms with Gasteiger partial charge in [-0.1, -0.05) is 33.6 Å². The lowest BCUT2D eigenvalue weighted by molar-refractivity contribution is -0.142. The maximum atomic E-state index is 12.2. The van der Waals surface area contributed by atoms with Crippen molar-refractivity contribution in [2.45, 2.75) is 59.0 Å². The Hall–Kier alpha value is -1.26. The standard InChI is InChI=1S/C14H26N2O3/c1-5-11(6-2)10(4)15-14(19)16-8-7-9(3)12(16)13(17)18/h9-12H,5-8H2,1-4H3,(H,15,19)(H,17,18). The van der Waals surface area contributed by atoms with Crippen LogP contribution in [-0.2, 0) is 4.79 Å². The first-order valence-corrected chi connectivity index (χ1v) is 7.22. The molecule has 0 aliphatic carbocycles. The minimum Gasteiger partial charge on any atom is -0.480 e. The molecule has 110 valence electrons. The highest BCUT2D eigenvalue weighted by Gasteiger charge is 2.39. The van der Waals surface area contributed by atoms with Crippen molar-refractivity contribution in [3.8, 4) is 0 Å². The number of urea groups is 1. The van der Waals surface area contributed by atoms with Gasteiger partial charge < -0.3 is 15.3 Å². The fourth-order valence-corrected chi connectivity index (χ4v) is 2.94. The second-order valence-corrected chi connectivity index (χ2v) is 5.56. The molecular weight excluding hydrogens is 244 g/mol. The number of aliphatic carboxylic acids is 1. The van der Waals surface area contributed by atoms with E-state index in [1.807, 2.05) is 13.8 Å². The van der Waals surface area contributed by atoms with Crippen LogP contribution in [0.25, 0.3) is 0 Å².